The van der Waals surface area contributed by atoms with Crippen LogP contribution >= 0.6 is 0 Å². The lowest BCUT2D eigenvalue weighted by Gasteiger charge is -2.27. The number of hydrogen-bond donors (Lipinski definition) is 2. The van der Waals surface area contributed by atoms with Gasteiger partial charge >= 0.3 is 5.97 Å². The van der Waals surface area contributed by atoms with E-state index in [1.54, 1.807) is 12.1 Å². The SMILES string of the molecule is CN(c1ccccc1)[C@@H]1CCN(c2nc3c(c(Nc4ccc(CC(=O)O)cc4)n2)[S@](=O)CCC3)C1. The van der Waals surface area contributed by atoms with Gasteiger partial charge in [-0.2, -0.15) is 4.98 Å². The average molecular weight is 492 g/mol. The van der Waals surface area contributed by atoms with Gasteiger partial charge in [-0.05, 0) is 49.1 Å². The summed E-state index contributed by atoms with van der Waals surface area (Å²) in [6.45, 7) is 1.67. The zero-order valence-electron chi connectivity index (χ0n) is 19.7. The summed E-state index contributed by atoms with van der Waals surface area (Å²) in [5, 5.41) is 12.3. The summed E-state index contributed by atoms with van der Waals surface area (Å²) in [5.74, 6) is 0.984. The zero-order valence-corrected chi connectivity index (χ0v) is 20.5. The number of carboxylic acids is 1. The summed E-state index contributed by atoms with van der Waals surface area (Å²) in [6, 6.07) is 18.0. The Morgan fingerprint density at radius 2 is 1.94 bits per heavy atom. The smallest absolute Gasteiger partial charge is 0.307 e. The highest BCUT2D eigenvalue weighted by atomic mass is 32.2. The molecule has 35 heavy (non-hydrogen) atoms. The molecule has 0 radical (unpaired) electrons. The van der Waals surface area contributed by atoms with Gasteiger partial charge in [-0.1, -0.05) is 30.3 Å². The molecule has 5 rings (SSSR count). The molecule has 3 heterocycles. The van der Waals surface area contributed by atoms with Crippen molar-refractivity contribution in [2.75, 3.05) is 41.0 Å². The molecule has 2 aliphatic heterocycles. The van der Waals surface area contributed by atoms with Crippen molar-refractivity contribution >= 4 is 39.9 Å². The molecule has 2 atom stereocenters. The minimum atomic E-state index is -1.15. The molecule has 1 fully saturated rings. The van der Waals surface area contributed by atoms with Crippen molar-refractivity contribution in [3.63, 3.8) is 0 Å². The predicted octanol–water partition coefficient (Wildman–Crippen LogP) is 3.62. The minimum Gasteiger partial charge on any atom is -0.481 e. The fourth-order valence-electron chi connectivity index (χ4n) is 4.72. The summed E-state index contributed by atoms with van der Waals surface area (Å²) in [7, 11) is 0.973. The Hall–Kier alpha value is -3.46. The molecule has 8 nitrogen and oxygen atoms in total. The number of aromatic nitrogens is 2. The first-order valence-corrected chi connectivity index (χ1v) is 13.2. The van der Waals surface area contributed by atoms with Crippen molar-refractivity contribution in [1.29, 1.82) is 0 Å². The molecule has 2 aliphatic rings. The maximum absolute atomic E-state index is 12.9. The second-order valence-corrected chi connectivity index (χ2v) is 10.5. The van der Waals surface area contributed by atoms with Crippen LogP contribution in [0.3, 0.4) is 0 Å². The first-order valence-electron chi connectivity index (χ1n) is 11.9. The van der Waals surface area contributed by atoms with Crippen LogP contribution in [0, 0.1) is 0 Å². The lowest BCUT2D eigenvalue weighted by Crippen LogP contribution is -2.35. The van der Waals surface area contributed by atoms with Crippen LogP contribution in [-0.2, 0) is 28.4 Å². The Bertz CT molecular complexity index is 1240. The number of likely N-dealkylation sites (N-methyl/N-ethyl adjacent to an activating group) is 1. The topological polar surface area (TPSA) is 98.7 Å². The van der Waals surface area contributed by atoms with Gasteiger partial charge in [0.2, 0.25) is 5.95 Å². The van der Waals surface area contributed by atoms with Gasteiger partial charge in [-0.25, -0.2) is 4.98 Å². The van der Waals surface area contributed by atoms with Crippen LogP contribution in [0.1, 0.15) is 24.1 Å². The molecule has 3 aromatic rings. The molecular weight excluding hydrogens is 462 g/mol. The summed E-state index contributed by atoms with van der Waals surface area (Å²) < 4.78 is 12.9. The third-order valence-electron chi connectivity index (χ3n) is 6.62. The van der Waals surface area contributed by atoms with Crippen LogP contribution in [-0.4, -0.2) is 57.2 Å². The van der Waals surface area contributed by atoms with Gasteiger partial charge < -0.3 is 20.2 Å². The van der Waals surface area contributed by atoms with E-state index in [2.05, 4.69) is 46.4 Å². The van der Waals surface area contributed by atoms with Crippen molar-refractivity contribution in [1.82, 2.24) is 9.97 Å². The molecule has 1 aromatic heterocycles. The molecule has 182 valence electrons. The summed E-state index contributed by atoms with van der Waals surface area (Å²) >= 11 is 0. The number of carboxylic acid groups (broad SMARTS) is 1. The van der Waals surface area contributed by atoms with Gasteiger partial charge in [-0.3, -0.25) is 9.00 Å². The van der Waals surface area contributed by atoms with E-state index in [4.69, 9.17) is 15.1 Å². The highest BCUT2D eigenvalue weighted by Gasteiger charge is 2.30. The Morgan fingerprint density at radius 1 is 1.17 bits per heavy atom. The number of carbonyl (C=O) groups is 1. The first-order chi connectivity index (χ1) is 17.0. The summed E-state index contributed by atoms with van der Waals surface area (Å²) in [6.07, 6.45) is 2.61. The molecule has 2 aromatic carbocycles. The van der Waals surface area contributed by atoms with E-state index >= 15 is 0 Å². The number of rotatable bonds is 7. The van der Waals surface area contributed by atoms with Gasteiger partial charge in [0.1, 0.15) is 4.90 Å². The van der Waals surface area contributed by atoms with Gasteiger partial charge in [0.15, 0.2) is 5.82 Å². The molecule has 0 bridgehead atoms. The van der Waals surface area contributed by atoms with Crippen molar-refractivity contribution in [2.24, 2.45) is 0 Å². The quantitative estimate of drug-likeness (QED) is 0.517. The molecule has 0 spiro atoms. The third-order valence-corrected chi connectivity index (χ3v) is 8.17. The van der Waals surface area contributed by atoms with Crippen LogP contribution in [0.4, 0.5) is 23.1 Å². The molecular formula is C26H29N5O3S. The fraction of sp³-hybridized carbons (Fsp3) is 0.346. The number of fused-ring (bicyclic) bond motifs is 1. The molecule has 0 amide bonds. The van der Waals surface area contributed by atoms with Gasteiger partial charge in [0, 0.05) is 43.3 Å². The average Bonchev–Trinajstić information content (AvgIpc) is 3.35. The van der Waals surface area contributed by atoms with E-state index in [0.29, 0.717) is 28.5 Å². The van der Waals surface area contributed by atoms with Crippen molar-refractivity contribution in [3.05, 3.63) is 65.9 Å². The lowest BCUT2D eigenvalue weighted by molar-refractivity contribution is -0.136. The number of hydrogen-bond acceptors (Lipinski definition) is 7. The normalized spacial score (nSPS) is 19.3. The molecule has 1 saturated heterocycles. The van der Waals surface area contributed by atoms with Crippen LogP contribution < -0.4 is 15.1 Å². The first kappa shape index (κ1) is 23.3. The molecule has 0 aliphatic carbocycles. The zero-order chi connectivity index (χ0) is 24.4. The van der Waals surface area contributed by atoms with E-state index in [1.807, 2.05) is 18.2 Å². The number of nitrogens with one attached hydrogen (secondary N) is 1. The van der Waals surface area contributed by atoms with Crippen molar-refractivity contribution in [3.8, 4) is 0 Å². The van der Waals surface area contributed by atoms with E-state index in [9.17, 15) is 9.00 Å². The van der Waals surface area contributed by atoms with Crippen LogP contribution in [0.25, 0.3) is 0 Å². The van der Waals surface area contributed by atoms with E-state index in [1.165, 1.54) is 5.69 Å². The maximum atomic E-state index is 12.9. The number of aryl methyl sites for hydroxylation is 1. The number of nitrogens with zero attached hydrogens (tertiary/aromatic N) is 4. The van der Waals surface area contributed by atoms with Gasteiger partial charge in [0.05, 0.1) is 22.9 Å². The van der Waals surface area contributed by atoms with E-state index in [-0.39, 0.29) is 6.42 Å². The maximum Gasteiger partial charge on any atom is 0.307 e. The summed E-state index contributed by atoms with van der Waals surface area (Å²) in [4.78, 5) is 25.9. The monoisotopic (exact) mass is 491 g/mol. The fourth-order valence-corrected chi connectivity index (χ4v) is 6.06. The van der Waals surface area contributed by atoms with Crippen molar-refractivity contribution < 1.29 is 14.1 Å². The predicted molar refractivity (Wildman–Crippen MR) is 138 cm³/mol. The van der Waals surface area contributed by atoms with Gasteiger partial charge in [-0.15, -0.1) is 0 Å². The van der Waals surface area contributed by atoms with Crippen LogP contribution in [0.5, 0.6) is 0 Å². The van der Waals surface area contributed by atoms with Crippen LogP contribution in [0.2, 0.25) is 0 Å². The third kappa shape index (κ3) is 5.14. The highest BCUT2D eigenvalue weighted by molar-refractivity contribution is 7.85. The molecule has 9 heteroatoms. The Balaban J connectivity index is 1.40. The number of para-hydroxylation sites is 1. The van der Waals surface area contributed by atoms with E-state index in [0.717, 1.165) is 49.3 Å². The number of anilines is 4. The largest absolute Gasteiger partial charge is 0.481 e. The standard InChI is InChI=1S/C26H29N5O3S/c1-30(20-6-3-2-4-7-20)21-13-14-31(17-21)26-28-22-8-5-15-35(34)24(22)25(29-26)27-19-11-9-18(10-12-19)16-23(32)33/h2-4,6-7,9-12,21H,5,8,13-17H2,1H3,(H,32,33)(H,27,28,29)/t21-,35-/m1/s1. The summed E-state index contributed by atoms with van der Waals surface area (Å²) in [5.41, 5.74) is 3.54. The van der Waals surface area contributed by atoms with E-state index < -0.39 is 16.8 Å². The molecule has 0 unspecified atom stereocenters. The second-order valence-electron chi connectivity index (χ2n) is 9.03. The Kier molecular flexibility index (Phi) is 6.68. The Labute approximate surface area is 207 Å². The lowest BCUT2D eigenvalue weighted by atomic mass is 10.1. The molecule has 2 N–H and O–H groups in total. The van der Waals surface area contributed by atoms with Crippen molar-refractivity contribution in [2.45, 2.75) is 36.6 Å². The van der Waals surface area contributed by atoms with Gasteiger partial charge in [0.25, 0.3) is 0 Å². The Morgan fingerprint density at radius 3 is 2.69 bits per heavy atom. The number of aliphatic carboxylic acids is 1. The number of benzene rings is 2. The van der Waals surface area contributed by atoms with Crippen LogP contribution in [0.15, 0.2) is 59.5 Å². The molecule has 0 saturated carbocycles. The minimum absolute atomic E-state index is 0.0229. The second kappa shape index (κ2) is 10.0. The highest BCUT2D eigenvalue weighted by Crippen LogP contribution is 2.32.